The van der Waals surface area contributed by atoms with E-state index in [0.717, 1.165) is 38.8 Å². The zero-order chi connectivity index (χ0) is 14.2. The molecule has 1 aliphatic rings. The predicted molar refractivity (Wildman–Crippen MR) is 82.4 cm³/mol. The number of nitrogens with two attached hydrogens (primary N) is 1. The van der Waals surface area contributed by atoms with Gasteiger partial charge in [0, 0.05) is 13.1 Å². The molecular formula is C17H26N2O. The van der Waals surface area contributed by atoms with E-state index in [0.29, 0.717) is 0 Å². The number of amides is 1. The molecule has 0 radical (unpaired) electrons. The molecule has 1 atom stereocenters. The Hall–Kier alpha value is -1.35. The molecule has 0 saturated carbocycles. The number of nitrogens with zero attached hydrogens (tertiary/aromatic N) is 1. The van der Waals surface area contributed by atoms with E-state index in [-0.39, 0.29) is 11.9 Å². The Bertz CT molecular complexity index is 397. The third-order valence-electron chi connectivity index (χ3n) is 4.07. The van der Waals surface area contributed by atoms with E-state index < -0.39 is 0 Å². The van der Waals surface area contributed by atoms with Gasteiger partial charge >= 0.3 is 0 Å². The maximum absolute atomic E-state index is 12.4. The molecular weight excluding hydrogens is 248 g/mol. The van der Waals surface area contributed by atoms with Crippen LogP contribution in [-0.2, 0) is 11.2 Å². The summed E-state index contributed by atoms with van der Waals surface area (Å²) in [7, 11) is 0. The molecule has 110 valence electrons. The van der Waals surface area contributed by atoms with Gasteiger partial charge in [0.1, 0.15) is 0 Å². The van der Waals surface area contributed by atoms with Crippen LogP contribution in [0.2, 0.25) is 0 Å². The summed E-state index contributed by atoms with van der Waals surface area (Å²) in [6.45, 7) is 1.77. The first kappa shape index (κ1) is 15.0. The Morgan fingerprint density at radius 1 is 1.05 bits per heavy atom. The number of rotatable bonds is 4. The molecule has 0 aliphatic carbocycles. The van der Waals surface area contributed by atoms with Crippen LogP contribution in [0.25, 0.3) is 0 Å². The number of carbonyl (C=O) groups excluding carboxylic acids is 1. The number of likely N-dealkylation sites (tertiary alicyclic amines) is 1. The van der Waals surface area contributed by atoms with Gasteiger partial charge < -0.3 is 10.6 Å². The minimum Gasteiger partial charge on any atom is -0.341 e. The summed E-state index contributed by atoms with van der Waals surface area (Å²) in [5.41, 5.74) is 7.35. The van der Waals surface area contributed by atoms with Gasteiger partial charge in [-0.15, -0.1) is 0 Å². The SMILES string of the molecule is N[C@@H](CCc1ccccc1)C(=O)N1CCCCCCC1. The van der Waals surface area contributed by atoms with Gasteiger partial charge in [-0.1, -0.05) is 49.6 Å². The maximum Gasteiger partial charge on any atom is 0.239 e. The summed E-state index contributed by atoms with van der Waals surface area (Å²) < 4.78 is 0. The Labute approximate surface area is 122 Å². The lowest BCUT2D eigenvalue weighted by atomic mass is 10.0. The molecule has 0 unspecified atom stereocenters. The largest absolute Gasteiger partial charge is 0.341 e. The van der Waals surface area contributed by atoms with Crippen LogP contribution in [0.1, 0.15) is 44.1 Å². The van der Waals surface area contributed by atoms with Gasteiger partial charge in [0.2, 0.25) is 5.91 Å². The van der Waals surface area contributed by atoms with Crippen molar-refractivity contribution >= 4 is 5.91 Å². The Balaban J connectivity index is 1.81. The van der Waals surface area contributed by atoms with Crippen molar-refractivity contribution in [3.63, 3.8) is 0 Å². The standard InChI is InChI=1S/C17H26N2O/c18-16(12-11-15-9-5-4-6-10-15)17(20)19-13-7-2-1-3-8-14-19/h4-6,9-10,16H,1-3,7-8,11-14,18H2/t16-/m0/s1. The van der Waals surface area contributed by atoms with E-state index in [2.05, 4.69) is 12.1 Å². The minimum atomic E-state index is -0.352. The van der Waals surface area contributed by atoms with Gasteiger partial charge in [-0.05, 0) is 31.2 Å². The summed E-state index contributed by atoms with van der Waals surface area (Å²) in [5.74, 6) is 0.142. The highest BCUT2D eigenvalue weighted by atomic mass is 16.2. The van der Waals surface area contributed by atoms with Crippen LogP contribution in [0.15, 0.2) is 30.3 Å². The molecule has 1 heterocycles. The number of hydrogen-bond acceptors (Lipinski definition) is 2. The van der Waals surface area contributed by atoms with Gasteiger partial charge in [0.15, 0.2) is 0 Å². The quantitative estimate of drug-likeness (QED) is 0.917. The second kappa shape index (κ2) is 8.05. The van der Waals surface area contributed by atoms with Crippen LogP contribution in [0.5, 0.6) is 0 Å². The molecule has 1 aromatic carbocycles. The van der Waals surface area contributed by atoms with Crippen molar-refractivity contribution in [2.45, 2.75) is 51.0 Å². The van der Waals surface area contributed by atoms with Gasteiger partial charge in [-0.3, -0.25) is 4.79 Å². The molecule has 0 bridgehead atoms. The summed E-state index contributed by atoms with van der Waals surface area (Å²) in [4.78, 5) is 14.4. The molecule has 1 aliphatic heterocycles. The van der Waals surface area contributed by atoms with E-state index in [1.807, 2.05) is 23.1 Å². The highest BCUT2D eigenvalue weighted by Gasteiger charge is 2.21. The molecule has 0 aromatic heterocycles. The van der Waals surface area contributed by atoms with Crippen molar-refractivity contribution in [2.24, 2.45) is 5.73 Å². The molecule has 1 saturated heterocycles. The average molecular weight is 274 g/mol. The topological polar surface area (TPSA) is 46.3 Å². The van der Waals surface area contributed by atoms with Crippen LogP contribution >= 0.6 is 0 Å². The normalized spacial score (nSPS) is 18.1. The predicted octanol–water partition coefficient (Wildman–Crippen LogP) is 2.74. The molecule has 1 fully saturated rings. The Kier molecular flexibility index (Phi) is 6.06. The van der Waals surface area contributed by atoms with Crippen molar-refractivity contribution in [3.8, 4) is 0 Å². The fourth-order valence-corrected chi connectivity index (χ4v) is 2.79. The average Bonchev–Trinajstić information content (AvgIpc) is 2.45. The smallest absolute Gasteiger partial charge is 0.239 e. The monoisotopic (exact) mass is 274 g/mol. The van der Waals surface area contributed by atoms with Crippen molar-refractivity contribution in [2.75, 3.05) is 13.1 Å². The molecule has 2 N–H and O–H groups in total. The van der Waals surface area contributed by atoms with E-state index in [1.54, 1.807) is 0 Å². The lowest BCUT2D eigenvalue weighted by molar-refractivity contribution is -0.133. The highest BCUT2D eigenvalue weighted by Crippen LogP contribution is 2.12. The van der Waals surface area contributed by atoms with E-state index >= 15 is 0 Å². The second-order valence-corrected chi connectivity index (χ2v) is 5.72. The molecule has 1 aromatic rings. The zero-order valence-electron chi connectivity index (χ0n) is 12.3. The summed E-state index contributed by atoms with van der Waals surface area (Å²) >= 11 is 0. The van der Waals surface area contributed by atoms with Crippen LogP contribution < -0.4 is 5.73 Å². The van der Waals surface area contributed by atoms with E-state index in [4.69, 9.17) is 5.73 Å². The summed E-state index contributed by atoms with van der Waals surface area (Å²) in [5, 5.41) is 0. The van der Waals surface area contributed by atoms with Crippen LogP contribution in [0.4, 0.5) is 0 Å². The van der Waals surface area contributed by atoms with Crippen molar-refractivity contribution in [1.29, 1.82) is 0 Å². The first-order chi connectivity index (χ1) is 9.77. The first-order valence-corrected chi connectivity index (χ1v) is 7.85. The molecule has 0 spiro atoms. The molecule has 3 nitrogen and oxygen atoms in total. The van der Waals surface area contributed by atoms with Gasteiger partial charge in [-0.2, -0.15) is 0 Å². The fourth-order valence-electron chi connectivity index (χ4n) is 2.79. The molecule has 20 heavy (non-hydrogen) atoms. The van der Waals surface area contributed by atoms with Crippen LogP contribution in [0.3, 0.4) is 0 Å². The highest BCUT2D eigenvalue weighted by molar-refractivity contribution is 5.81. The van der Waals surface area contributed by atoms with Gasteiger partial charge in [0.05, 0.1) is 6.04 Å². The first-order valence-electron chi connectivity index (χ1n) is 7.85. The minimum absolute atomic E-state index is 0.142. The maximum atomic E-state index is 12.4. The zero-order valence-corrected chi connectivity index (χ0v) is 12.3. The molecule has 1 amide bonds. The third-order valence-corrected chi connectivity index (χ3v) is 4.07. The van der Waals surface area contributed by atoms with Gasteiger partial charge in [0.25, 0.3) is 0 Å². The van der Waals surface area contributed by atoms with E-state index in [1.165, 1.54) is 24.8 Å². The third kappa shape index (κ3) is 4.64. The Morgan fingerprint density at radius 2 is 1.65 bits per heavy atom. The number of carbonyl (C=O) groups is 1. The van der Waals surface area contributed by atoms with Gasteiger partial charge in [-0.25, -0.2) is 0 Å². The summed E-state index contributed by atoms with van der Waals surface area (Å²) in [6, 6.07) is 9.90. The number of benzene rings is 1. The fraction of sp³-hybridized carbons (Fsp3) is 0.588. The number of hydrogen-bond donors (Lipinski definition) is 1. The molecule has 2 rings (SSSR count). The molecule has 3 heteroatoms. The van der Waals surface area contributed by atoms with E-state index in [9.17, 15) is 4.79 Å². The summed E-state index contributed by atoms with van der Waals surface area (Å²) in [6.07, 6.45) is 7.64. The Morgan fingerprint density at radius 3 is 2.30 bits per heavy atom. The van der Waals surface area contributed by atoms with Crippen molar-refractivity contribution in [3.05, 3.63) is 35.9 Å². The number of aryl methyl sites for hydroxylation is 1. The second-order valence-electron chi connectivity index (χ2n) is 5.72. The lowest BCUT2D eigenvalue weighted by Gasteiger charge is -2.27. The van der Waals surface area contributed by atoms with Crippen LogP contribution in [-0.4, -0.2) is 29.9 Å². The lowest BCUT2D eigenvalue weighted by Crippen LogP contribution is -2.45. The van der Waals surface area contributed by atoms with Crippen molar-refractivity contribution in [1.82, 2.24) is 4.90 Å². The van der Waals surface area contributed by atoms with Crippen molar-refractivity contribution < 1.29 is 4.79 Å². The van der Waals surface area contributed by atoms with Crippen LogP contribution in [0, 0.1) is 0 Å².